The molecule has 2 heterocycles. The molecule has 1 saturated heterocycles. The summed E-state index contributed by atoms with van der Waals surface area (Å²) >= 11 is 0. The molecular weight excluding hydrogens is 296 g/mol. The molecule has 0 bridgehead atoms. The fourth-order valence-electron chi connectivity index (χ4n) is 3.23. The van der Waals surface area contributed by atoms with Crippen LogP contribution < -0.4 is 10.2 Å². The average Bonchev–Trinajstić information content (AvgIpc) is 2.89. The van der Waals surface area contributed by atoms with Crippen LogP contribution in [-0.4, -0.2) is 29.6 Å². The molecular formula is C20H28N4. The van der Waals surface area contributed by atoms with Crippen LogP contribution in [-0.2, 0) is 6.42 Å². The molecule has 2 aromatic rings. The van der Waals surface area contributed by atoms with Gasteiger partial charge >= 0.3 is 0 Å². The van der Waals surface area contributed by atoms with E-state index >= 15 is 0 Å². The topological polar surface area (TPSA) is 41.1 Å². The predicted molar refractivity (Wildman–Crippen MR) is 101 cm³/mol. The zero-order valence-electron chi connectivity index (χ0n) is 14.7. The van der Waals surface area contributed by atoms with Gasteiger partial charge in [-0.25, -0.2) is 4.98 Å². The van der Waals surface area contributed by atoms with Crippen molar-refractivity contribution in [3.63, 3.8) is 0 Å². The minimum atomic E-state index is 0.766. The minimum Gasteiger partial charge on any atom is -0.356 e. The van der Waals surface area contributed by atoms with E-state index in [-0.39, 0.29) is 0 Å². The first-order valence-electron chi connectivity index (χ1n) is 9.20. The van der Waals surface area contributed by atoms with Crippen molar-refractivity contribution in [2.24, 2.45) is 0 Å². The minimum absolute atomic E-state index is 0.766. The van der Waals surface area contributed by atoms with E-state index in [9.17, 15) is 0 Å². The lowest BCUT2D eigenvalue weighted by Gasteiger charge is -2.22. The molecule has 0 aliphatic carbocycles. The van der Waals surface area contributed by atoms with Gasteiger partial charge in [-0.15, -0.1) is 0 Å². The molecule has 0 unspecified atom stereocenters. The van der Waals surface area contributed by atoms with Crippen molar-refractivity contribution in [3.05, 3.63) is 47.7 Å². The lowest BCUT2D eigenvalue weighted by molar-refractivity contribution is 0.726. The Labute approximate surface area is 145 Å². The van der Waals surface area contributed by atoms with Crippen molar-refractivity contribution in [3.8, 4) is 0 Å². The van der Waals surface area contributed by atoms with Crippen molar-refractivity contribution in [1.29, 1.82) is 0 Å². The summed E-state index contributed by atoms with van der Waals surface area (Å²) in [6.07, 6.45) is 7.38. The molecule has 1 aliphatic heterocycles. The van der Waals surface area contributed by atoms with Gasteiger partial charge in [-0.1, -0.05) is 43.2 Å². The largest absolute Gasteiger partial charge is 0.356 e. The summed E-state index contributed by atoms with van der Waals surface area (Å²) in [5.74, 6) is 1.84. The summed E-state index contributed by atoms with van der Waals surface area (Å²) in [5, 5.41) is 3.40. The van der Waals surface area contributed by atoms with E-state index in [0.29, 0.717) is 0 Å². The number of aryl methyl sites for hydroxylation is 2. The summed E-state index contributed by atoms with van der Waals surface area (Å²) in [6, 6.07) is 12.7. The maximum absolute atomic E-state index is 4.75. The molecule has 0 saturated carbocycles. The Morgan fingerprint density at radius 2 is 1.75 bits per heavy atom. The Morgan fingerprint density at radius 1 is 1.00 bits per heavy atom. The third kappa shape index (κ3) is 4.95. The molecule has 1 aromatic carbocycles. The quantitative estimate of drug-likeness (QED) is 0.808. The summed E-state index contributed by atoms with van der Waals surface area (Å²) in [5.41, 5.74) is 2.42. The lowest BCUT2D eigenvalue weighted by atomic mass is 10.1. The summed E-state index contributed by atoms with van der Waals surface area (Å²) in [6.45, 7) is 5.18. The molecule has 24 heavy (non-hydrogen) atoms. The zero-order valence-corrected chi connectivity index (χ0v) is 14.7. The Balaban J connectivity index is 1.55. The monoisotopic (exact) mass is 324 g/mol. The molecule has 1 aromatic heterocycles. The first-order valence-corrected chi connectivity index (χ1v) is 9.20. The van der Waals surface area contributed by atoms with Crippen LogP contribution >= 0.6 is 0 Å². The average molecular weight is 324 g/mol. The zero-order chi connectivity index (χ0) is 16.6. The van der Waals surface area contributed by atoms with E-state index in [4.69, 9.17) is 4.98 Å². The van der Waals surface area contributed by atoms with E-state index in [1.165, 1.54) is 31.2 Å². The van der Waals surface area contributed by atoms with Gasteiger partial charge in [0.1, 0.15) is 5.82 Å². The number of rotatable bonds is 6. The number of benzene rings is 1. The molecule has 1 aliphatic rings. The SMILES string of the molecule is Cc1cc(N2CCCCCC2)nc(NCCCc2ccccc2)n1. The van der Waals surface area contributed by atoms with Crippen molar-refractivity contribution in [2.45, 2.75) is 45.4 Å². The molecule has 1 N–H and O–H groups in total. The van der Waals surface area contributed by atoms with E-state index < -0.39 is 0 Å². The van der Waals surface area contributed by atoms with Crippen LogP contribution in [0.1, 0.15) is 43.4 Å². The Kier molecular flexibility index (Phi) is 6.05. The van der Waals surface area contributed by atoms with Gasteiger partial charge < -0.3 is 10.2 Å². The number of hydrogen-bond donors (Lipinski definition) is 1. The highest BCUT2D eigenvalue weighted by atomic mass is 15.2. The smallest absolute Gasteiger partial charge is 0.224 e. The highest BCUT2D eigenvalue weighted by Crippen LogP contribution is 2.19. The van der Waals surface area contributed by atoms with Gasteiger partial charge in [0.25, 0.3) is 0 Å². The van der Waals surface area contributed by atoms with Crippen LogP contribution in [0.25, 0.3) is 0 Å². The van der Waals surface area contributed by atoms with Crippen LogP contribution in [0.2, 0.25) is 0 Å². The summed E-state index contributed by atoms with van der Waals surface area (Å²) in [4.78, 5) is 11.7. The second-order valence-corrected chi connectivity index (χ2v) is 6.61. The molecule has 3 rings (SSSR count). The highest BCUT2D eigenvalue weighted by molar-refractivity contribution is 5.44. The molecule has 0 atom stereocenters. The van der Waals surface area contributed by atoms with Crippen LogP contribution in [0, 0.1) is 6.92 Å². The van der Waals surface area contributed by atoms with E-state index in [1.807, 2.05) is 0 Å². The first kappa shape index (κ1) is 16.7. The number of nitrogens with zero attached hydrogens (tertiary/aromatic N) is 3. The van der Waals surface area contributed by atoms with Gasteiger partial charge in [-0.3, -0.25) is 0 Å². The summed E-state index contributed by atoms with van der Waals surface area (Å²) < 4.78 is 0. The Morgan fingerprint density at radius 3 is 2.50 bits per heavy atom. The fraction of sp³-hybridized carbons (Fsp3) is 0.500. The number of nitrogens with one attached hydrogen (secondary N) is 1. The summed E-state index contributed by atoms with van der Waals surface area (Å²) in [7, 11) is 0. The van der Waals surface area contributed by atoms with Crippen LogP contribution in [0.3, 0.4) is 0 Å². The maximum atomic E-state index is 4.75. The number of aromatic nitrogens is 2. The van der Waals surface area contributed by atoms with Gasteiger partial charge in [0.05, 0.1) is 0 Å². The van der Waals surface area contributed by atoms with Gasteiger partial charge in [0, 0.05) is 31.4 Å². The third-order valence-corrected chi connectivity index (χ3v) is 4.54. The lowest BCUT2D eigenvalue weighted by Crippen LogP contribution is -2.25. The molecule has 128 valence electrons. The van der Waals surface area contributed by atoms with Crippen molar-refractivity contribution in [2.75, 3.05) is 29.9 Å². The van der Waals surface area contributed by atoms with Gasteiger partial charge in [0.2, 0.25) is 5.95 Å². The van der Waals surface area contributed by atoms with Gasteiger partial charge in [0.15, 0.2) is 0 Å². The van der Waals surface area contributed by atoms with Crippen LogP contribution in [0.4, 0.5) is 11.8 Å². The second kappa shape index (κ2) is 8.67. The molecule has 4 heteroatoms. The molecule has 1 fully saturated rings. The number of hydrogen-bond acceptors (Lipinski definition) is 4. The second-order valence-electron chi connectivity index (χ2n) is 6.61. The van der Waals surface area contributed by atoms with Crippen LogP contribution in [0.15, 0.2) is 36.4 Å². The van der Waals surface area contributed by atoms with E-state index in [1.54, 1.807) is 0 Å². The Bertz CT molecular complexity index is 619. The molecule has 0 amide bonds. The van der Waals surface area contributed by atoms with Gasteiger partial charge in [-0.2, -0.15) is 4.98 Å². The third-order valence-electron chi connectivity index (χ3n) is 4.54. The van der Waals surface area contributed by atoms with Crippen molar-refractivity contribution < 1.29 is 0 Å². The standard InChI is InChI=1S/C20H28N4/c1-17-16-19(24-14-7-2-3-8-15-24)23-20(22-17)21-13-9-12-18-10-5-4-6-11-18/h4-6,10-11,16H,2-3,7-9,12-15H2,1H3,(H,21,22,23). The maximum Gasteiger partial charge on any atom is 0.224 e. The molecule has 0 spiro atoms. The van der Waals surface area contributed by atoms with Crippen molar-refractivity contribution >= 4 is 11.8 Å². The highest BCUT2D eigenvalue weighted by Gasteiger charge is 2.12. The fourth-order valence-corrected chi connectivity index (χ4v) is 3.23. The predicted octanol–water partition coefficient (Wildman–Crippen LogP) is 4.21. The van der Waals surface area contributed by atoms with E-state index in [2.05, 4.69) is 58.5 Å². The first-order chi connectivity index (χ1) is 11.8. The van der Waals surface area contributed by atoms with Crippen LogP contribution in [0.5, 0.6) is 0 Å². The van der Waals surface area contributed by atoms with E-state index in [0.717, 1.165) is 49.9 Å². The van der Waals surface area contributed by atoms with Gasteiger partial charge in [-0.05, 0) is 38.2 Å². The molecule has 4 nitrogen and oxygen atoms in total. The van der Waals surface area contributed by atoms with Crippen molar-refractivity contribution in [1.82, 2.24) is 9.97 Å². The normalized spacial score (nSPS) is 15.1. The Hall–Kier alpha value is -2.10. The molecule has 0 radical (unpaired) electrons. The number of anilines is 2.